The molecule has 5 rings (SSSR count). The molecule has 3 heterocycles. The molecule has 176 valence electrons. The Labute approximate surface area is 200 Å². The van der Waals surface area contributed by atoms with E-state index in [1.807, 2.05) is 0 Å². The van der Waals surface area contributed by atoms with Gasteiger partial charge in [-0.15, -0.1) is 0 Å². The molecule has 2 aliphatic rings. The number of benzene rings is 1. The third-order valence-electron chi connectivity index (χ3n) is 6.87. The van der Waals surface area contributed by atoms with Gasteiger partial charge in [-0.1, -0.05) is 23.7 Å². The van der Waals surface area contributed by atoms with Crippen LogP contribution in [0.5, 0.6) is 0 Å². The minimum Gasteiger partial charge on any atom is -0.348 e. The maximum absolute atomic E-state index is 14.4. The Morgan fingerprint density at radius 2 is 2.06 bits per heavy atom. The van der Waals surface area contributed by atoms with E-state index in [0.717, 1.165) is 11.8 Å². The summed E-state index contributed by atoms with van der Waals surface area (Å²) in [6.07, 6.45) is 6.37. The number of fused-ring (bicyclic) bond motifs is 2. The van der Waals surface area contributed by atoms with Gasteiger partial charge in [0.25, 0.3) is 0 Å². The van der Waals surface area contributed by atoms with Crippen molar-refractivity contribution in [1.29, 1.82) is 0 Å². The number of hydrogen-bond donors (Lipinski definition) is 1. The van der Waals surface area contributed by atoms with Crippen molar-refractivity contribution in [3.8, 4) is 0 Å². The second-order valence-corrected chi connectivity index (χ2v) is 9.52. The first-order valence-electron chi connectivity index (χ1n) is 11.3. The second kappa shape index (κ2) is 8.51. The van der Waals surface area contributed by atoms with Crippen LogP contribution in [-0.4, -0.2) is 44.1 Å². The van der Waals surface area contributed by atoms with Crippen molar-refractivity contribution < 1.29 is 18.8 Å². The zero-order valence-electron chi connectivity index (χ0n) is 18.8. The van der Waals surface area contributed by atoms with Gasteiger partial charge in [0.1, 0.15) is 18.4 Å². The SMILES string of the molecule is CC(=O)c1cn(CC(=O)N2[C@@H]3C[C@@H]3C[C@H]2C(=O)N[C@H](C)c2cccc(Cl)c2F)c2cnccc12. The quantitative estimate of drug-likeness (QED) is 0.540. The second-order valence-electron chi connectivity index (χ2n) is 9.11. The summed E-state index contributed by atoms with van der Waals surface area (Å²) in [4.78, 5) is 44.4. The van der Waals surface area contributed by atoms with Crippen molar-refractivity contribution in [3.63, 3.8) is 0 Å². The molecule has 1 aliphatic heterocycles. The number of nitrogens with one attached hydrogen (secondary N) is 1. The monoisotopic (exact) mass is 482 g/mol. The van der Waals surface area contributed by atoms with E-state index in [1.165, 1.54) is 13.0 Å². The molecule has 1 saturated heterocycles. The third-order valence-corrected chi connectivity index (χ3v) is 7.16. The number of amides is 2. The number of hydrogen-bond acceptors (Lipinski definition) is 4. The smallest absolute Gasteiger partial charge is 0.243 e. The van der Waals surface area contributed by atoms with E-state index in [1.54, 1.807) is 53.2 Å². The molecule has 1 N–H and O–H groups in total. The van der Waals surface area contributed by atoms with E-state index in [2.05, 4.69) is 10.3 Å². The number of pyridine rings is 1. The summed E-state index contributed by atoms with van der Waals surface area (Å²) < 4.78 is 16.1. The standard InChI is InChI=1S/C25H24ClFN4O3/c1-13(16-4-3-5-19(26)24(16)27)29-25(34)21-9-15-8-20(15)31(21)23(33)12-30-11-18(14(2)32)17-6-7-28-10-22(17)30/h3-7,10-11,13,15,20-21H,8-9,12H2,1-2H3,(H,29,34)/t13-,15-,20-,21+/m1/s1. The predicted octanol–water partition coefficient (Wildman–Crippen LogP) is 3.90. The van der Waals surface area contributed by atoms with E-state index in [4.69, 9.17) is 11.6 Å². The lowest BCUT2D eigenvalue weighted by Gasteiger charge is -2.28. The van der Waals surface area contributed by atoms with Crippen LogP contribution in [0.15, 0.2) is 42.9 Å². The molecule has 9 heteroatoms. The summed E-state index contributed by atoms with van der Waals surface area (Å²) >= 11 is 5.88. The molecule has 0 bridgehead atoms. The highest BCUT2D eigenvalue weighted by Crippen LogP contribution is 2.48. The molecule has 0 radical (unpaired) electrons. The average molecular weight is 483 g/mol. The summed E-state index contributed by atoms with van der Waals surface area (Å²) in [6, 6.07) is 5.25. The Kier molecular flexibility index (Phi) is 5.64. The average Bonchev–Trinajstić information content (AvgIpc) is 3.30. The lowest BCUT2D eigenvalue weighted by Crippen LogP contribution is -2.49. The fourth-order valence-corrected chi connectivity index (χ4v) is 5.25. The molecule has 0 unspecified atom stereocenters. The van der Waals surface area contributed by atoms with Crippen LogP contribution in [0.2, 0.25) is 5.02 Å². The molecule has 2 aromatic heterocycles. The normalized spacial score (nSPS) is 21.9. The molecular weight excluding hydrogens is 459 g/mol. The summed E-state index contributed by atoms with van der Waals surface area (Å²) in [5, 5.41) is 3.59. The Hall–Kier alpha value is -3.26. The van der Waals surface area contributed by atoms with E-state index < -0.39 is 17.9 Å². The Morgan fingerprint density at radius 3 is 2.82 bits per heavy atom. The number of likely N-dealkylation sites (tertiary alicyclic amines) is 1. The lowest BCUT2D eigenvalue weighted by molar-refractivity contribution is -0.140. The number of ketones is 1. The molecule has 1 aliphatic carbocycles. The van der Waals surface area contributed by atoms with Gasteiger partial charge < -0.3 is 14.8 Å². The fraction of sp³-hybridized carbons (Fsp3) is 0.360. The number of aromatic nitrogens is 2. The molecule has 3 aromatic rings. The molecule has 1 saturated carbocycles. The summed E-state index contributed by atoms with van der Waals surface area (Å²) in [5.74, 6) is -0.855. The highest BCUT2D eigenvalue weighted by molar-refractivity contribution is 6.30. The highest BCUT2D eigenvalue weighted by Gasteiger charge is 2.56. The van der Waals surface area contributed by atoms with Crippen molar-refractivity contribution in [1.82, 2.24) is 19.8 Å². The van der Waals surface area contributed by atoms with Crippen LogP contribution >= 0.6 is 11.6 Å². The van der Waals surface area contributed by atoms with Gasteiger partial charge in [-0.3, -0.25) is 19.4 Å². The van der Waals surface area contributed by atoms with Crippen LogP contribution in [0.1, 0.15) is 48.7 Å². The zero-order valence-corrected chi connectivity index (χ0v) is 19.6. The number of piperidine rings is 1. The van der Waals surface area contributed by atoms with Crippen molar-refractivity contribution in [2.45, 2.75) is 51.4 Å². The molecular formula is C25H24ClFN4O3. The van der Waals surface area contributed by atoms with Crippen molar-refractivity contribution >= 4 is 40.1 Å². The molecule has 34 heavy (non-hydrogen) atoms. The third kappa shape index (κ3) is 3.86. The molecule has 2 amide bonds. The van der Waals surface area contributed by atoms with Crippen molar-refractivity contribution in [2.75, 3.05) is 0 Å². The van der Waals surface area contributed by atoms with Gasteiger partial charge in [-0.25, -0.2) is 4.39 Å². The molecule has 4 atom stereocenters. The topological polar surface area (TPSA) is 84.3 Å². The van der Waals surface area contributed by atoms with Crippen molar-refractivity contribution in [2.24, 2.45) is 5.92 Å². The highest BCUT2D eigenvalue weighted by atomic mass is 35.5. The number of nitrogens with zero attached hydrogens (tertiary/aromatic N) is 3. The Morgan fingerprint density at radius 1 is 1.26 bits per heavy atom. The number of carbonyl (C=O) groups is 3. The van der Waals surface area contributed by atoms with Gasteiger partial charge in [-0.05, 0) is 44.7 Å². The first kappa shape index (κ1) is 22.5. The van der Waals surface area contributed by atoms with Gasteiger partial charge in [0, 0.05) is 34.9 Å². The van der Waals surface area contributed by atoms with Crippen molar-refractivity contribution in [3.05, 3.63) is 64.8 Å². The molecule has 1 aromatic carbocycles. The van der Waals surface area contributed by atoms with E-state index in [0.29, 0.717) is 29.0 Å². The fourth-order valence-electron chi connectivity index (χ4n) is 5.07. The van der Waals surface area contributed by atoms with E-state index in [9.17, 15) is 18.8 Å². The van der Waals surface area contributed by atoms with Crippen LogP contribution in [-0.2, 0) is 16.1 Å². The Bertz CT molecular complexity index is 1320. The Balaban J connectivity index is 1.35. The summed E-state index contributed by atoms with van der Waals surface area (Å²) in [5.41, 5.74) is 1.52. The number of Topliss-reactive ketones (excluding diaryl/α,β-unsaturated/α-hetero) is 1. The molecule has 7 nitrogen and oxygen atoms in total. The minimum atomic E-state index is -0.617. The number of carbonyl (C=O) groups excluding carboxylic acids is 3. The minimum absolute atomic E-state index is 0.000941. The van der Waals surface area contributed by atoms with Crippen LogP contribution in [0.4, 0.5) is 4.39 Å². The zero-order chi connectivity index (χ0) is 24.1. The van der Waals surface area contributed by atoms with E-state index >= 15 is 0 Å². The number of rotatable bonds is 6. The van der Waals surface area contributed by atoms with Gasteiger partial charge >= 0.3 is 0 Å². The summed E-state index contributed by atoms with van der Waals surface area (Å²) in [7, 11) is 0. The first-order valence-corrected chi connectivity index (χ1v) is 11.6. The van der Waals surface area contributed by atoms with Crippen LogP contribution in [0, 0.1) is 11.7 Å². The van der Waals surface area contributed by atoms with Gasteiger partial charge in [0.2, 0.25) is 11.8 Å². The van der Waals surface area contributed by atoms with Gasteiger partial charge in [0.05, 0.1) is 22.8 Å². The summed E-state index contributed by atoms with van der Waals surface area (Å²) in [6.45, 7) is 3.18. The van der Waals surface area contributed by atoms with Gasteiger partial charge in [-0.2, -0.15) is 0 Å². The maximum atomic E-state index is 14.4. The largest absolute Gasteiger partial charge is 0.348 e. The maximum Gasteiger partial charge on any atom is 0.243 e. The lowest BCUT2D eigenvalue weighted by atomic mass is 10.1. The van der Waals surface area contributed by atoms with Crippen LogP contribution < -0.4 is 5.32 Å². The molecule has 0 spiro atoms. The number of halogens is 2. The van der Waals surface area contributed by atoms with Crippen LogP contribution in [0.25, 0.3) is 10.9 Å². The van der Waals surface area contributed by atoms with Gasteiger partial charge in [0.15, 0.2) is 5.78 Å². The molecule has 2 fully saturated rings. The van der Waals surface area contributed by atoms with Crippen LogP contribution in [0.3, 0.4) is 0 Å². The first-order chi connectivity index (χ1) is 16.3. The predicted molar refractivity (Wildman–Crippen MR) is 125 cm³/mol. The van der Waals surface area contributed by atoms with E-state index in [-0.39, 0.29) is 35.2 Å².